The molecule has 2 heterocycles. The van der Waals surface area contributed by atoms with Crippen LogP contribution in [-0.2, 0) is 6.42 Å². The normalized spacial score (nSPS) is 12.7. The lowest BCUT2D eigenvalue weighted by Crippen LogP contribution is -2.18. The van der Waals surface area contributed by atoms with Gasteiger partial charge in [-0.3, -0.25) is 9.97 Å². The molecule has 0 saturated carbocycles. The van der Waals surface area contributed by atoms with Gasteiger partial charge in [-0.15, -0.1) is 11.3 Å². The summed E-state index contributed by atoms with van der Waals surface area (Å²) in [5.41, 5.74) is 4.03. The molecule has 0 fully saturated rings. The highest BCUT2D eigenvalue weighted by molar-refractivity contribution is 7.09. The molecular formula is C15H15N3S. The van der Waals surface area contributed by atoms with Crippen molar-refractivity contribution in [2.24, 2.45) is 0 Å². The molecule has 1 atom stereocenters. The average Bonchev–Trinajstić information content (AvgIpc) is 2.98. The number of benzene rings is 1. The molecule has 3 rings (SSSR count). The van der Waals surface area contributed by atoms with Crippen LogP contribution in [0.2, 0.25) is 0 Å². The van der Waals surface area contributed by atoms with Crippen LogP contribution in [0, 0.1) is 0 Å². The monoisotopic (exact) mass is 269 g/mol. The second-order valence-electron chi connectivity index (χ2n) is 4.44. The summed E-state index contributed by atoms with van der Waals surface area (Å²) in [6.07, 6.45) is 2.80. The van der Waals surface area contributed by atoms with Crippen LogP contribution in [0.3, 0.4) is 0 Å². The van der Waals surface area contributed by atoms with E-state index in [1.807, 2.05) is 30.9 Å². The predicted octanol–water partition coefficient (Wildman–Crippen LogP) is 3.19. The Morgan fingerprint density at radius 3 is 2.89 bits per heavy atom. The Kier molecular flexibility index (Phi) is 3.53. The van der Waals surface area contributed by atoms with Crippen LogP contribution in [0.1, 0.15) is 16.6 Å². The number of fused-ring (bicyclic) bond motifs is 1. The second kappa shape index (κ2) is 5.47. The van der Waals surface area contributed by atoms with Crippen molar-refractivity contribution in [2.45, 2.75) is 12.5 Å². The smallest absolute Gasteiger partial charge is 0.0794 e. The van der Waals surface area contributed by atoms with Gasteiger partial charge < -0.3 is 5.32 Å². The summed E-state index contributed by atoms with van der Waals surface area (Å²) in [6.45, 7) is 0. The molecule has 3 nitrogen and oxygen atoms in total. The molecule has 0 aliphatic rings. The van der Waals surface area contributed by atoms with Gasteiger partial charge in [0.1, 0.15) is 0 Å². The third kappa shape index (κ3) is 2.64. The van der Waals surface area contributed by atoms with E-state index in [9.17, 15) is 0 Å². The van der Waals surface area contributed by atoms with E-state index in [0.29, 0.717) is 0 Å². The van der Waals surface area contributed by atoms with Crippen molar-refractivity contribution in [3.8, 4) is 0 Å². The van der Waals surface area contributed by atoms with Crippen LogP contribution in [0.25, 0.3) is 10.9 Å². The molecular weight excluding hydrogens is 254 g/mol. The minimum absolute atomic E-state index is 0.279. The molecule has 4 heteroatoms. The number of nitrogens with one attached hydrogen (secondary N) is 1. The number of para-hydroxylation sites is 1. The van der Waals surface area contributed by atoms with E-state index in [2.05, 4.69) is 34.6 Å². The van der Waals surface area contributed by atoms with E-state index in [1.54, 1.807) is 11.3 Å². The first-order valence-corrected chi connectivity index (χ1v) is 7.15. The first kappa shape index (κ1) is 12.3. The molecule has 0 aliphatic heterocycles. The van der Waals surface area contributed by atoms with Crippen molar-refractivity contribution in [2.75, 3.05) is 7.05 Å². The Balaban J connectivity index is 1.88. The quantitative estimate of drug-likeness (QED) is 0.790. The maximum atomic E-state index is 4.72. The SMILES string of the molecule is CNC(Cc1ccc2ccccc2n1)c1cncs1. The molecule has 2 aromatic heterocycles. The van der Waals surface area contributed by atoms with Crippen molar-refractivity contribution in [3.05, 3.63) is 58.7 Å². The lowest BCUT2D eigenvalue weighted by atomic mass is 10.1. The number of nitrogens with zero attached hydrogens (tertiary/aromatic N) is 2. The summed E-state index contributed by atoms with van der Waals surface area (Å²) in [7, 11) is 1.98. The van der Waals surface area contributed by atoms with Gasteiger partial charge in [0.05, 0.1) is 11.0 Å². The van der Waals surface area contributed by atoms with Crippen molar-refractivity contribution < 1.29 is 0 Å². The summed E-state index contributed by atoms with van der Waals surface area (Å²) in [5.74, 6) is 0. The highest BCUT2D eigenvalue weighted by Gasteiger charge is 2.12. The summed E-state index contributed by atoms with van der Waals surface area (Å²) in [4.78, 5) is 10.1. The lowest BCUT2D eigenvalue weighted by molar-refractivity contribution is 0.594. The van der Waals surface area contributed by atoms with Gasteiger partial charge in [-0.05, 0) is 19.2 Å². The Morgan fingerprint density at radius 1 is 1.21 bits per heavy atom. The number of hydrogen-bond donors (Lipinski definition) is 1. The van der Waals surface area contributed by atoms with E-state index >= 15 is 0 Å². The molecule has 19 heavy (non-hydrogen) atoms. The molecule has 0 spiro atoms. The van der Waals surface area contributed by atoms with Gasteiger partial charge in [-0.2, -0.15) is 0 Å². The predicted molar refractivity (Wildman–Crippen MR) is 79.4 cm³/mol. The average molecular weight is 269 g/mol. The molecule has 0 saturated heterocycles. The fraction of sp³-hybridized carbons (Fsp3) is 0.200. The van der Waals surface area contributed by atoms with E-state index in [-0.39, 0.29) is 6.04 Å². The van der Waals surface area contributed by atoms with Crippen molar-refractivity contribution >= 4 is 22.2 Å². The van der Waals surface area contributed by atoms with E-state index in [0.717, 1.165) is 17.6 Å². The Morgan fingerprint density at radius 2 is 2.11 bits per heavy atom. The minimum atomic E-state index is 0.279. The largest absolute Gasteiger partial charge is 0.312 e. The fourth-order valence-corrected chi connectivity index (χ4v) is 2.90. The second-order valence-corrected chi connectivity index (χ2v) is 5.36. The van der Waals surface area contributed by atoms with Gasteiger partial charge in [0.25, 0.3) is 0 Å². The summed E-state index contributed by atoms with van der Waals surface area (Å²) in [6, 6.07) is 12.7. The van der Waals surface area contributed by atoms with Gasteiger partial charge in [0.2, 0.25) is 0 Å². The molecule has 1 aromatic carbocycles. The molecule has 1 N–H and O–H groups in total. The van der Waals surface area contributed by atoms with Crippen molar-refractivity contribution in [3.63, 3.8) is 0 Å². The summed E-state index contributed by atoms with van der Waals surface area (Å²) in [5, 5.41) is 4.52. The van der Waals surface area contributed by atoms with Gasteiger partial charge in [-0.1, -0.05) is 24.3 Å². The van der Waals surface area contributed by atoms with Crippen molar-refractivity contribution in [1.29, 1.82) is 0 Å². The zero-order valence-electron chi connectivity index (χ0n) is 10.7. The van der Waals surface area contributed by atoms with Crippen LogP contribution in [-0.4, -0.2) is 17.0 Å². The highest BCUT2D eigenvalue weighted by Crippen LogP contribution is 2.21. The third-order valence-electron chi connectivity index (χ3n) is 3.21. The Hall–Kier alpha value is -1.78. The van der Waals surface area contributed by atoms with Crippen LogP contribution in [0.4, 0.5) is 0 Å². The first-order chi connectivity index (χ1) is 9.36. The number of pyridine rings is 1. The number of rotatable bonds is 4. The van der Waals surface area contributed by atoms with Gasteiger partial charge in [0.15, 0.2) is 0 Å². The summed E-state index contributed by atoms with van der Waals surface area (Å²) < 4.78 is 0. The van der Waals surface area contributed by atoms with Crippen molar-refractivity contribution in [1.82, 2.24) is 15.3 Å². The number of thiazole rings is 1. The Bertz CT molecular complexity index is 664. The van der Waals surface area contributed by atoms with E-state index in [4.69, 9.17) is 4.98 Å². The van der Waals surface area contributed by atoms with Gasteiger partial charge in [-0.25, -0.2) is 0 Å². The maximum absolute atomic E-state index is 4.72. The van der Waals surface area contributed by atoms with E-state index in [1.165, 1.54) is 10.3 Å². The highest BCUT2D eigenvalue weighted by atomic mass is 32.1. The van der Waals surface area contributed by atoms with Gasteiger partial charge in [0, 0.05) is 34.6 Å². The molecule has 0 bridgehead atoms. The molecule has 0 radical (unpaired) electrons. The number of likely N-dealkylation sites (N-methyl/N-ethyl adjacent to an activating group) is 1. The standard InChI is InChI=1S/C15H15N3S/c1-16-14(15-9-17-10-19-15)8-12-7-6-11-4-2-3-5-13(11)18-12/h2-7,9-10,14,16H,8H2,1H3. The number of hydrogen-bond acceptors (Lipinski definition) is 4. The van der Waals surface area contributed by atoms with Crippen LogP contribution >= 0.6 is 11.3 Å². The molecule has 0 amide bonds. The minimum Gasteiger partial charge on any atom is -0.312 e. The first-order valence-electron chi connectivity index (χ1n) is 6.27. The number of aromatic nitrogens is 2. The van der Waals surface area contributed by atoms with Crippen LogP contribution in [0.5, 0.6) is 0 Å². The van der Waals surface area contributed by atoms with Crippen LogP contribution in [0.15, 0.2) is 48.1 Å². The molecule has 3 aromatic rings. The molecule has 0 aliphatic carbocycles. The molecule has 96 valence electrons. The molecule has 1 unspecified atom stereocenters. The third-order valence-corrected chi connectivity index (χ3v) is 4.10. The summed E-state index contributed by atoms with van der Waals surface area (Å²) >= 11 is 1.68. The Labute approximate surface area is 116 Å². The fourth-order valence-electron chi connectivity index (χ4n) is 2.17. The zero-order valence-corrected chi connectivity index (χ0v) is 11.5. The maximum Gasteiger partial charge on any atom is 0.0794 e. The van der Waals surface area contributed by atoms with Gasteiger partial charge >= 0.3 is 0 Å². The lowest BCUT2D eigenvalue weighted by Gasteiger charge is -2.13. The van der Waals surface area contributed by atoms with Crippen LogP contribution < -0.4 is 5.32 Å². The van der Waals surface area contributed by atoms with E-state index < -0.39 is 0 Å². The zero-order chi connectivity index (χ0) is 13.1. The topological polar surface area (TPSA) is 37.8 Å².